The monoisotopic (exact) mass is 245 g/mol. The van der Waals surface area contributed by atoms with Gasteiger partial charge in [0.2, 0.25) is 0 Å². The Kier molecular flexibility index (Phi) is 2.83. The van der Waals surface area contributed by atoms with Gasteiger partial charge in [-0.25, -0.2) is 9.97 Å². The fraction of sp³-hybridized carbons (Fsp3) is 0. The molecule has 0 spiro atoms. The molecule has 0 saturated heterocycles. The summed E-state index contributed by atoms with van der Waals surface area (Å²) >= 11 is 0. The molecule has 2 N–H and O–H groups in total. The number of para-hydroxylation sites is 2. The summed E-state index contributed by atoms with van der Waals surface area (Å²) in [4.78, 5) is 8.73. The predicted molar refractivity (Wildman–Crippen MR) is 76.4 cm³/mol. The van der Waals surface area contributed by atoms with Crippen LogP contribution in [-0.4, -0.2) is 9.97 Å². The number of nitrogen functional groups attached to an aromatic ring is 1. The van der Waals surface area contributed by atoms with Crippen LogP contribution in [-0.2, 0) is 0 Å². The smallest absolute Gasteiger partial charge is 0.158 e. The molecule has 3 heteroatoms. The van der Waals surface area contributed by atoms with Crippen molar-refractivity contribution in [3.05, 3.63) is 65.9 Å². The maximum absolute atomic E-state index is 5.87. The molecule has 19 heavy (non-hydrogen) atoms. The summed E-state index contributed by atoms with van der Waals surface area (Å²) in [6.07, 6.45) is 0. The molecule has 1 heterocycles. The van der Waals surface area contributed by atoms with Crippen LogP contribution in [0.5, 0.6) is 0 Å². The highest BCUT2D eigenvalue weighted by atomic mass is 14.9. The van der Waals surface area contributed by atoms with Gasteiger partial charge in [-0.15, -0.1) is 0 Å². The number of aromatic nitrogens is 2. The second kappa shape index (κ2) is 4.79. The number of anilines is 1. The average Bonchev–Trinajstić information content (AvgIpc) is 2.46. The maximum Gasteiger partial charge on any atom is 0.158 e. The third kappa shape index (κ3) is 2.38. The highest BCUT2D eigenvalue weighted by molar-refractivity contribution is 5.77. The van der Waals surface area contributed by atoms with Crippen LogP contribution in [0.4, 0.5) is 5.82 Å². The number of hydrogen-bond acceptors (Lipinski definition) is 3. The highest BCUT2D eigenvalue weighted by Crippen LogP contribution is 2.13. The van der Waals surface area contributed by atoms with Crippen LogP contribution >= 0.6 is 0 Å². The number of nitrogens with zero attached hydrogens (tertiary/aromatic N) is 2. The van der Waals surface area contributed by atoms with Crippen molar-refractivity contribution in [2.45, 2.75) is 0 Å². The summed E-state index contributed by atoms with van der Waals surface area (Å²) in [6.45, 7) is 0. The molecule has 0 aliphatic rings. The van der Waals surface area contributed by atoms with Crippen molar-refractivity contribution in [1.29, 1.82) is 0 Å². The number of benzene rings is 2. The van der Waals surface area contributed by atoms with Crippen LogP contribution in [0.1, 0.15) is 11.3 Å². The highest BCUT2D eigenvalue weighted by Gasteiger charge is 2.02. The molecule has 3 rings (SSSR count). The number of rotatable bonds is 0. The van der Waals surface area contributed by atoms with Crippen LogP contribution in [0.25, 0.3) is 11.0 Å². The Labute approximate surface area is 111 Å². The molecule has 90 valence electrons. The lowest BCUT2D eigenvalue weighted by Crippen LogP contribution is -1.98. The van der Waals surface area contributed by atoms with Crippen LogP contribution in [0.3, 0.4) is 0 Å². The lowest BCUT2D eigenvalue weighted by atomic mass is 10.2. The summed E-state index contributed by atoms with van der Waals surface area (Å²) in [7, 11) is 0. The number of nitrogens with two attached hydrogens (primary N) is 1. The van der Waals surface area contributed by atoms with Crippen molar-refractivity contribution >= 4 is 16.9 Å². The molecule has 0 fully saturated rings. The Hall–Kier alpha value is -2.86. The summed E-state index contributed by atoms with van der Waals surface area (Å²) in [5.41, 5.74) is 8.90. The van der Waals surface area contributed by atoms with Crippen molar-refractivity contribution in [1.82, 2.24) is 9.97 Å². The van der Waals surface area contributed by atoms with Gasteiger partial charge in [0, 0.05) is 5.56 Å². The minimum absolute atomic E-state index is 0.363. The molecule has 0 unspecified atom stereocenters. The normalized spacial score (nSPS) is 9.89. The van der Waals surface area contributed by atoms with Gasteiger partial charge in [0.1, 0.15) is 0 Å². The first-order chi connectivity index (χ1) is 9.33. The first-order valence-electron chi connectivity index (χ1n) is 5.92. The van der Waals surface area contributed by atoms with Crippen molar-refractivity contribution in [2.75, 3.05) is 5.73 Å². The second-order valence-corrected chi connectivity index (χ2v) is 4.06. The molecule has 0 atom stereocenters. The molecule has 0 radical (unpaired) electrons. The van der Waals surface area contributed by atoms with Gasteiger partial charge in [-0.3, -0.25) is 0 Å². The van der Waals surface area contributed by atoms with E-state index in [0.717, 1.165) is 16.6 Å². The first kappa shape index (κ1) is 11.2. The molecule has 0 saturated carbocycles. The van der Waals surface area contributed by atoms with Crippen LogP contribution < -0.4 is 5.73 Å². The lowest BCUT2D eigenvalue weighted by Gasteiger charge is -2.00. The van der Waals surface area contributed by atoms with Gasteiger partial charge in [-0.1, -0.05) is 36.3 Å². The van der Waals surface area contributed by atoms with E-state index in [4.69, 9.17) is 5.73 Å². The molecule has 0 amide bonds. The maximum atomic E-state index is 5.87. The fourth-order valence-electron chi connectivity index (χ4n) is 1.76. The quantitative estimate of drug-likeness (QED) is 0.619. The van der Waals surface area contributed by atoms with E-state index in [-0.39, 0.29) is 0 Å². The van der Waals surface area contributed by atoms with Crippen molar-refractivity contribution in [2.24, 2.45) is 0 Å². The summed E-state index contributed by atoms with van der Waals surface area (Å²) in [5.74, 6) is 6.37. The molecule has 0 bridgehead atoms. The van der Waals surface area contributed by atoms with Gasteiger partial charge in [-0.2, -0.15) is 0 Å². The van der Waals surface area contributed by atoms with E-state index in [9.17, 15) is 0 Å². The van der Waals surface area contributed by atoms with E-state index in [1.807, 2.05) is 54.6 Å². The van der Waals surface area contributed by atoms with Gasteiger partial charge in [0.05, 0.1) is 11.0 Å². The minimum atomic E-state index is 0.363. The molecule has 1 aromatic heterocycles. The number of hydrogen-bond donors (Lipinski definition) is 1. The number of fused-ring (bicyclic) bond motifs is 1. The van der Waals surface area contributed by atoms with E-state index in [1.165, 1.54) is 0 Å². The van der Waals surface area contributed by atoms with Crippen LogP contribution in [0.15, 0.2) is 54.6 Å². The molecular formula is C16H11N3. The summed E-state index contributed by atoms with van der Waals surface area (Å²) in [5, 5.41) is 0. The first-order valence-corrected chi connectivity index (χ1v) is 5.92. The molecule has 3 nitrogen and oxygen atoms in total. The standard InChI is InChI=1S/C16H11N3/c17-16-15(11-10-12-6-2-1-3-7-12)18-13-8-4-5-9-14(13)19-16/h1-9H,(H2,17,19). The summed E-state index contributed by atoms with van der Waals surface area (Å²) < 4.78 is 0. The van der Waals surface area contributed by atoms with Crippen molar-refractivity contribution in [3.63, 3.8) is 0 Å². The van der Waals surface area contributed by atoms with Crippen molar-refractivity contribution in [3.8, 4) is 11.8 Å². The van der Waals surface area contributed by atoms with Gasteiger partial charge in [0.25, 0.3) is 0 Å². The van der Waals surface area contributed by atoms with E-state index >= 15 is 0 Å². The minimum Gasteiger partial charge on any atom is -0.381 e. The topological polar surface area (TPSA) is 51.8 Å². The van der Waals surface area contributed by atoms with E-state index in [1.54, 1.807) is 0 Å². The largest absolute Gasteiger partial charge is 0.381 e. The Morgan fingerprint density at radius 3 is 2.11 bits per heavy atom. The van der Waals surface area contributed by atoms with E-state index in [2.05, 4.69) is 21.8 Å². The van der Waals surface area contributed by atoms with Crippen LogP contribution in [0, 0.1) is 11.8 Å². The van der Waals surface area contributed by atoms with E-state index in [0.29, 0.717) is 11.5 Å². The van der Waals surface area contributed by atoms with E-state index < -0.39 is 0 Å². The van der Waals surface area contributed by atoms with Gasteiger partial charge in [-0.05, 0) is 30.2 Å². The SMILES string of the molecule is Nc1nc2ccccc2nc1C#Cc1ccccc1. The molecule has 2 aromatic carbocycles. The zero-order chi connectivity index (χ0) is 13.1. The Balaban J connectivity index is 2.06. The lowest BCUT2D eigenvalue weighted by molar-refractivity contribution is 1.27. The molecule has 0 aliphatic heterocycles. The zero-order valence-corrected chi connectivity index (χ0v) is 10.2. The molecule has 3 aromatic rings. The Bertz CT molecular complexity index is 783. The van der Waals surface area contributed by atoms with Gasteiger partial charge in [0.15, 0.2) is 11.5 Å². The Morgan fingerprint density at radius 2 is 1.37 bits per heavy atom. The van der Waals surface area contributed by atoms with Crippen LogP contribution in [0.2, 0.25) is 0 Å². The predicted octanol–water partition coefficient (Wildman–Crippen LogP) is 2.61. The third-order valence-corrected chi connectivity index (χ3v) is 2.70. The molecule has 0 aliphatic carbocycles. The van der Waals surface area contributed by atoms with Gasteiger partial charge < -0.3 is 5.73 Å². The molecular weight excluding hydrogens is 234 g/mol. The fourth-order valence-corrected chi connectivity index (χ4v) is 1.76. The Morgan fingerprint density at radius 1 is 0.737 bits per heavy atom. The average molecular weight is 245 g/mol. The van der Waals surface area contributed by atoms with Crippen molar-refractivity contribution < 1.29 is 0 Å². The third-order valence-electron chi connectivity index (χ3n) is 2.70. The van der Waals surface area contributed by atoms with Gasteiger partial charge >= 0.3 is 0 Å². The zero-order valence-electron chi connectivity index (χ0n) is 10.2. The second-order valence-electron chi connectivity index (χ2n) is 4.06. The summed E-state index contributed by atoms with van der Waals surface area (Å²) in [6, 6.07) is 17.3.